The minimum atomic E-state index is 0.603. The van der Waals surface area contributed by atoms with Gasteiger partial charge in [0.15, 0.2) is 4.73 Å². The molecule has 5 heteroatoms. The second-order valence-corrected chi connectivity index (χ2v) is 4.85. The first-order valence-electron chi connectivity index (χ1n) is 4.29. The quantitative estimate of drug-likeness (QED) is 0.797. The molecule has 2 nitrogen and oxygen atoms in total. The first-order chi connectivity index (χ1) is 7.18. The molecule has 1 heterocycles. The molecule has 1 aromatic carbocycles. The summed E-state index contributed by atoms with van der Waals surface area (Å²) >= 11 is 12.7. The van der Waals surface area contributed by atoms with Crippen molar-refractivity contribution in [1.29, 1.82) is 0 Å². The van der Waals surface area contributed by atoms with Crippen LogP contribution in [0.3, 0.4) is 0 Å². The lowest BCUT2D eigenvalue weighted by Crippen LogP contribution is -1.99. The highest BCUT2D eigenvalue weighted by Gasteiger charge is 2.11. The van der Waals surface area contributed by atoms with Crippen molar-refractivity contribution >= 4 is 43.5 Å². The van der Waals surface area contributed by atoms with Gasteiger partial charge in [-0.25, -0.2) is 4.98 Å². The van der Waals surface area contributed by atoms with E-state index < -0.39 is 0 Å². The molecule has 2 aromatic rings. The van der Waals surface area contributed by atoms with Gasteiger partial charge in [-0.15, -0.1) is 0 Å². The normalized spacial score (nSPS) is 10.6. The van der Waals surface area contributed by atoms with Crippen LogP contribution in [0.5, 0.6) is 0 Å². The Labute approximate surface area is 110 Å². The molecule has 0 atom stereocenters. The van der Waals surface area contributed by atoms with Crippen molar-refractivity contribution in [3.8, 4) is 0 Å². The second-order valence-electron chi connectivity index (χ2n) is 3.03. The van der Waals surface area contributed by atoms with Crippen molar-refractivity contribution in [2.24, 2.45) is 0 Å². The van der Waals surface area contributed by atoms with Crippen molar-refractivity contribution in [2.75, 3.05) is 0 Å². The van der Waals surface area contributed by atoms with E-state index >= 15 is 0 Å². The van der Waals surface area contributed by atoms with Gasteiger partial charge in [0.25, 0.3) is 0 Å². The van der Waals surface area contributed by atoms with Crippen LogP contribution in [0.15, 0.2) is 39.7 Å². The molecule has 0 radical (unpaired) electrons. The number of nitrogens with zero attached hydrogens (tertiary/aromatic N) is 2. The van der Waals surface area contributed by atoms with E-state index in [1.807, 2.05) is 22.8 Å². The van der Waals surface area contributed by atoms with Crippen LogP contribution in [-0.2, 0) is 6.54 Å². The fraction of sp³-hybridized carbons (Fsp3) is 0.100. The lowest BCUT2D eigenvalue weighted by atomic mass is 10.2. The van der Waals surface area contributed by atoms with E-state index in [4.69, 9.17) is 11.6 Å². The number of benzene rings is 1. The van der Waals surface area contributed by atoms with E-state index in [-0.39, 0.29) is 0 Å². The molecule has 0 fully saturated rings. The Bertz CT molecular complexity index is 468. The van der Waals surface area contributed by atoms with Crippen molar-refractivity contribution in [1.82, 2.24) is 9.55 Å². The summed E-state index contributed by atoms with van der Waals surface area (Å²) in [5.41, 5.74) is 1.19. The Hall–Kier alpha value is -0.320. The fourth-order valence-electron chi connectivity index (χ4n) is 1.28. The molecule has 0 N–H and O–H groups in total. The molecule has 78 valence electrons. The van der Waals surface area contributed by atoms with Crippen LogP contribution in [0.4, 0.5) is 0 Å². The van der Waals surface area contributed by atoms with Gasteiger partial charge in [-0.1, -0.05) is 41.9 Å². The number of imidazole rings is 1. The van der Waals surface area contributed by atoms with Crippen LogP contribution in [0.2, 0.25) is 5.15 Å². The monoisotopic (exact) mass is 348 g/mol. The van der Waals surface area contributed by atoms with Crippen molar-refractivity contribution in [2.45, 2.75) is 6.54 Å². The third-order valence-electron chi connectivity index (χ3n) is 2.00. The molecule has 0 spiro atoms. The van der Waals surface area contributed by atoms with Crippen LogP contribution in [0.25, 0.3) is 0 Å². The van der Waals surface area contributed by atoms with Gasteiger partial charge >= 0.3 is 0 Å². The number of hydrogen-bond acceptors (Lipinski definition) is 1. The number of aromatic nitrogens is 2. The molecule has 0 bridgehead atoms. The Kier molecular flexibility index (Phi) is 3.49. The van der Waals surface area contributed by atoms with Crippen LogP contribution >= 0.6 is 43.5 Å². The minimum absolute atomic E-state index is 0.603. The fourth-order valence-corrected chi connectivity index (χ4v) is 2.66. The zero-order valence-electron chi connectivity index (χ0n) is 7.62. The Morgan fingerprint density at radius 2 is 1.87 bits per heavy atom. The highest BCUT2D eigenvalue weighted by atomic mass is 79.9. The van der Waals surface area contributed by atoms with Crippen molar-refractivity contribution in [3.05, 3.63) is 50.4 Å². The molecule has 15 heavy (non-hydrogen) atoms. The summed E-state index contributed by atoms with van der Waals surface area (Å²) in [5, 5.41) is 0.603. The zero-order chi connectivity index (χ0) is 10.8. The van der Waals surface area contributed by atoms with Crippen LogP contribution in [-0.4, -0.2) is 9.55 Å². The first kappa shape index (κ1) is 11.2. The first-order valence-corrected chi connectivity index (χ1v) is 6.26. The zero-order valence-corrected chi connectivity index (χ0v) is 11.6. The summed E-state index contributed by atoms with van der Waals surface area (Å²) in [7, 11) is 0. The van der Waals surface area contributed by atoms with Crippen LogP contribution in [0, 0.1) is 0 Å². The summed E-state index contributed by atoms with van der Waals surface area (Å²) in [4.78, 5) is 4.17. The van der Waals surface area contributed by atoms with Gasteiger partial charge in [-0.2, -0.15) is 0 Å². The van der Waals surface area contributed by atoms with E-state index in [9.17, 15) is 0 Å². The van der Waals surface area contributed by atoms with Gasteiger partial charge in [-0.05, 0) is 37.4 Å². The third-order valence-corrected chi connectivity index (χ3v) is 3.77. The van der Waals surface area contributed by atoms with E-state index in [0.29, 0.717) is 16.3 Å². The molecule has 1 aromatic heterocycles. The highest BCUT2D eigenvalue weighted by Crippen LogP contribution is 2.27. The summed E-state index contributed by atoms with van der Waals surface area (Å²) < 4.78 is 3.27. The molecule has 0 amide bonds. The van der Waals surface area contributed by atoms with Gasteiger partial charge in [0.05, 0.1) is 6.54 Å². The second kappa shape index (κ2) is 4.68. The Morgan fingerprint density at radius 3 is 2.40 bits per heavy atom. The maximum atomic E-state index is 6.09. The van der Waals surface area contributed by atoms with E-state index in [0.717, 1.165) is 4.73 Å². The van der Waals surface area contributed by atoms with Crippen molar-refractivity contribution in [3.63, 3.8) is 0 Å². The molecule has 0 aliphatic rings. The maximum Gasteiger partial charge on any atom is 0.179 e. The average Bonchev–Trinajstić information content (AvgIpc) is 2.47. The predicted octanol–water partition coefficient (Wildman–Crippen LogP) is 4.11. The smallest absolute Gasteiger partial charge is 0.179 e. The minimum Gasteiger partial charge on any atom is -0.304 e. The predicted molar refractivity (Wildman–Crippen MR) is 68.2 cm³/mol. The summed E-state index contributed by atoms with van der Waals surface area (Å²) in [6.07, 6.45) is 0. The van der Waals surface area contributed by atoms with Gasteiger partial charge in [-0.3, -0.25) is 0 Å². The SMILES string of the molecule is Clc1c(Br)nc(Br)n1Cc1ccccc1. The molecule has 0 saturated carbocycles. The topological polar surface area (TPSA) is 17.8 Å². The average molecular weight is 350 g/mol. The molecule has 0 aliphatic carbocycles. The summed E-state index contributed by atoms with van der Waals surface area (Å²) in [5.74, 6) is 0. The summed E-state index contributed by atoms with van der Waals surface area (Å²) in [6, 6.07) is 10.1. The maximum absolute atomic E-state index is 6.09. The summed E-state index contributed by atoms with van der Waals surface area (Å²) in [6.45, 7) is 0.707. The Morgan fingerprint density at radius 1 is 1.20 bits per heavy atom. The van der Waals surface area contributed by atoms with E-state index in [1.54, 1.807) is 0 Å². The lowest BCUT2D eigenvalue weighted by molar-refractivity contribution is 0.775. The molecule has 0 saturated heterocycles. The molecular weight excluding hydrogens is 343 g/mol. The largest absolute Gasteiger partial charge is 0.304 e. The van der Waals surface area contributed by atoms with Gasteiger partial charge in [0.2, 0.25) is 0 Å². The standard InChI is InChI=1S/C10H7Br2ClN2/c11-8-9(13)15(10(12)14-8)6-7-4-2-1-3-5-7/h1-5H,6H2. The lowest BCUT2D eigenvalue weighted by Gasteiger charge is -2.05. The Balaban J connectivity index is 2.32. The molecule has 0 aliphatic heterocycles. The van der Waals surface area contributed by atoms with E-state index in [1.165, 1.54) is 5.56 Å². The third kappa shape index (κ3) is 2.44. The number of rotatable bonds is 2. The van der Waals surface area contributed by atoms with E-state index in [2.05, 4.69) is 49.0 Å². The molecular formula is C10H7Br2ClN2. The molecule has 2 rings (SSSR count). The van der Waals surface area contributed by atoms with Gasteiger partial charge in [0, 0.05) is 0 Å². The molecule has 0 unspecified atom stereocenters. The van der Waals surface area contributed by atoms with Gasteiger partial charge in [0.1, 0.15) is 9.76 Å². The van der Waals surface area contributed by atoms with Crippen molar-refractivity contribution < 1.29 is 0 Å². The van der Waals surface area contributed by atoms with Crippen LogP contribution < -0.4 is 0 Å². The number of hydrogen-bond donors (Lipinski definition) is 0. The highest BCUT2D eigenvalue weighted by molar-refractivity contribution is 9.11. The van der Waals surface area contributed by atoms with Gasteiger partial charge < -0.3 is 4.57 Å². The number of halogens is 3. The van der Waals surface area contributed by atoms with Crippen LogP contribution in [0.1, 0.15) is 5.56 Å².